The lowest BCUT2D eigenvalue weighted by Crippen LogP contribution is -2.37. The van der Waals surface area contributed by atoms with Gasteiger partial charge >= 0.3 is 5.97 Å². The summed E-state index contributed by atoms with van der Waals surface area (Å²) >= 11 is 1.18. The van der Waals surface area contributed by atoms with Crippen molar-refractivity contribution < 1.29 is 19.5 Å². The molecule has 1 saturated carbocycles. The van der Waals surface area contributed by atoms with Gasteiger partial charge < -0.3 is 10.8 Å². The molecule has 1 saturated heterocycles. The molecule has 0 bridgehead atoms. The van der Waals surface area contributed by atoms with Crippen LogP contribution in [0, 0.1) is 11.8 Å². The molecule has 0 aromatic carbocycles. The lowest BCUT2D eigenvalue weighted by atomic mass is 9.83. The Balaban J connectivity index is 1.84. The van der Waals surface area contributed by atoms with Crippen LogP contribution in [0.5, 0.6) is 0 Å². The van der Waals surface area contributed by atoms with Crippen LogP contribution in [0.4, 0.5) is 0 Å². The number of carboxylic acid groups (broad SMARTS) is 1. The fourth-order valence-electron chi connectivity index (χ4n) is 3.04. The molecule has 0 radical (unpaired) electrons. The van der Waals surface area contributed by atoms with Gasteiger partial charge in [0.2, 0.25) is 11.8 Å². The highest BCUT2D eigenvalue weighted by molar-refractivity contribution is 8.00. The Labute approximate surface area is 134 Å². The number of aliphatic carboxylic acids is 1. The minimum absolute atomic E-state index is 0.134. The van der Waals surface area contributed by atoms with Gasteiger partial charge in [-0.3, -0.25) is 19.3 Å². The molecule has 22 heavy (non-hydrogen) atoms. The van der Waals surface area contributed by atoms with E-state index in [-0.39, 0.29) is 24.0 Å². The van der Waals surface area contributed by atoms with Crippen molar-refractivity contribution in [1.82, 2.24) is 4.90 Å². The second-order valence-corrected chi connectivity index (χ2v) is 7.68. The van der Waals surface area contributed by atoms with E-state index in [1.807, 2.05) is 0 Å². The van der Waals surface area contributed by atoms with Gasteiger partial charge in [0.1, 0.15) is 6.04 Å². The van der Waals surface area contributed by atoms with E-state index in [1.165, 1.54) is 16.7 Å². The highest BCUT2D eigenvalue weighted by Crippen LogP contribution is 2.32. The molecule has 1 aliphatic carbocycles. The predicted molar refractivity (Wildman–Crippen MR) is 84.3 cm³/mol. The second-order valence-electron chi connectivity index (χ2n) is 6.44. The molecule has 2 amide bonds. The van der Waals surface area contributed by atoms with Crippen LogP contribution in [0.25, 0.3) is 0 Å². The minimum atomic E-state index is -1.09. The van der Waals surface area contributed by atoms with Gasteiger partial charge in [-0.05, 0) is 24.7 Å². The third-order valence-electron chi connectivity index (χ3n) is 4.57. The molecule has 124 valence electrons. The number of likely N-dealkylation sites (tertiary alicyclic amines) is 1. The first kappa shape index (κ1) is 17.3. The van der Waals surface area contributed by atoms with Gasteiger partial charge in [-0.2, -0.15) is 0 Å². The molecule has 7 heteroatoms. The molecular weight excluding hydrogens is 304 g/mol. The summed E-state index contributed by atoms with van der Waals surface area (Å²) in [7, 11) is 0. The van der Waals surface area contributed by atoms with E-state index < -0.39 is 17.3 Å². The quantitative estimate of drug-likeness (QED) is 0.708. The molecule has 2 fully saturated rings. The van der Waals surface area contributed by atoms with Crippen molar-refractivity contribution in [3.63, 3.8) is 0 Å². The number of thioether (sulfide) groups is 1. The molecule has 0 aromatic rings. The zero-order valence-electron chi connectivity index (χ0n) is 12.9. The average molecular weight is 328 g/mol. The summed E-state index contributed by atoms with van der Waals surface area (Å²) in [6.07, 6.45) is 4.62. The first-order chi connectivity index (χ1) is 10.4. The standard InChI is InChI=1S/C15H24N2O4S/c1-9-2-4-10(5-3-9)7-17-13(18)6-12(14(17)19)22-8-11(16)15(20)21/h9-12H,2-8,16H2,1H3,(H,20,21). The molecule has 1 aliphatic heterocycles. The van der Waals surface area contributed by atoms with Gasteiger partial charge in [0.25, 0.3) is 0 Å². The first-order valence-corrected chi connectivity index (χ1v) is 8.87. The smallest absolute Gasteiger partial charge is 0.321 e. The number of amides is 2. The minimum Gasteiger partial charge on any atom is -0.480 e. The van der Waals surface area contributed by atoms with Crippen LogP contribution in [-0.2, 0) is 14.4 Å². The van der Waals surface area contributed by atoms with Gasteiger partial charge in [-0.25, -0.2) is 0 Å². The zero-order chi connectivity index (χ0) is 16.3. The molecule has 2 atom stereocenters. The maximum atomic E-state index is 12.3. The number of hydrogen-bond donors (Lipinski definition) is 2. The highest BCUT2D eigenvalue weighted by atomic mass is 32.2. The van der Waals surface area contributed by atoms with E-state index in [0.29, 0.717) is 12.5 Å². The second kappa shape index (κ2) is 7.46. The van der Waals surface area contributed by atoms with Crippen molar-refractivity contribution >= 4 is 29.5 Å². The number of carbonyl (C=O) groups excluding carboxylic acids is 2. The third kappa shape index (κ3) is 4.23. The molecule has 0 spiro atoms. The Morgan fingerprint density at radius 2 is 2.00 bits per heavy atom. The molecule has 1 heterocycles. The number of carbonyl (C=O) groups is 3. The van der Waals surface area contributed by atoms with E-state index in [4.69, 9.17) is 10.8 Å². The summed E-state index contributed by atoms with van der Waals surface area (Å²) in [6, 6.07) is -0.998. The van der Waals surface area contributed by atoms with Crippen molar-refractivity contribution in [1.29, 1.82) is 0 Å². The summed E-state index contributed by atoms with van der Waals surface area (Å²) in [5.74, 6) is -0.0989. The van der Waals surface area contributed by atoms with Crippen molar-refractivity contribution in [3.05, 3.63) is 0 Å². The van der Waals surface area contributed by atoms with Crippen LogP contribution in [0.2, 0.25) is 0 Å². The fraction of sp³-hybridized carbons (Fsp3) is 0.800. The van der Waals surface area contributed by atoms with Gasteiger partial charge in [0.15, 0.2) is 0 Å². The van der Waals surface area contributed by atoms with E-state index in [9.17, 15) is 14.4 Å². The van der Waals surface area contributed by atoms with Crippen molar-refractivity contribution in [2.75, 3.05) is 12.3 Å². The maximum absolute atomic E-state index is 12.3. The molecule has 2 aliphatic rings. The lowest BCUT2D eigenvalue weighted by molar-refractivity contribution is -0.140. The largest absolute Gasteiger partial charge is 0.480 e. The number of nitrogens with zero attached hydrogens (tertiary/aromatic N) is 1. The molecule has 2 unspecified atom stereocenters. The molecule has 3 N–H and O–H groups in total. The maximum Gasteiger partial charge on any atom is 0.321 e. The van der Waals surface area contributed by atoms with E-state index in [0.717, 1.165) is 31.6 Å². The van der Waals surface area contributed by atoms with Gasteiger partial charge in [0, 0.05) is 18.7 Å². The van der Waals surface area contributed by atoms with Crippen LogP contribution < -0.4 is 5.73 Å². The summed E-state index contributed by atoms with van der Waals surface area (Å²) in [4.78, 5) is 36.5. The van der Waals surface area contributed by atoms with Crippen molar-refractivity contribution in [3.8, 4) is 0 Å². The Hall–Kier alpha value is -1.08. The van der Waals surface area contributed by atoms with Crippen molar-refractivity contribution in [2.24, 2.45) is 17.6 Å². The summed E-state index contributed by atoms with van der Waals surface area (Å²) in [5.41, 5.74) is 5.44. The molecule has 2 rings (SSSR count). The number of imide groups is 1. The van der Waals surface area contributed by atoms with E-state index in [2.05, 4.69) is 6.92 Å². The number of rotatable bonds is 6. The Morgan fingerprint density at radius 3 is 2.59 bits per heavy atom. The van der Waals surface area contributed by atoms with Crippen LogP contribution in [-0.4, -0.2) is 51.4 Å². The monoisotopic (exact) mass is 328 g/mol. The van der Waals surface area contributed by atoms with Crippen LogP contribution in [0.15, 0.2) is 0 Å². The Kier molecular flexibility index (Phi) is 5.86. The summed E-state index contributed by atoms with van der Waals surface area (Å²) in [6.45, 7) is 2.76. The molecular formula is C15H24N2O4S. The van der Waals surface area contributed by atoms with E-state index >= 15 is 0 Å². The predicted octanol–water partition coefficient (Wildman–Crippen LogP) is 1.09. The first-order valence-electron chi connectivity index (χ1n) is 7.82. The molecule has 0 aromatic heterocycles. The van der Waals surface area contributed by atoms with Gasteiger partial charge in [-0.1, -0.05) is 19.8 Å². The third-order valence-corrected chi connectivity index (χ3v) is 5.90. The number of carboxylic acids is 1. The fourth-order valence-corrected chi connectivity index (χ4v) is 4.15. The van der Waals surface area contributed by atoms with Crippen LogP contribution >= 0.6 is 11.8 Å². The normalized spacial score (nSPS) is 30.6. The average Bonchev–Trinajstić information content (AvgIpc) is 2.74. The lowest BCUT2D eigenvalue weighted by Gasteiger charge is -2.29. The van der Waals surface area contributed by atoms with Crippen molar-refractivity contribution in [2.45, 2.75) is 50.3 Å². The zero-order valence-corrected chi connectivity index (χ0v) is 13.7. The molecule has 6 nitrogen and oxygen atoms in total. The summed E-state index contributed by atoms with van der Waals surface area (Å²) < 4.78 is 0. The highest BCUT2D eigenvalue weighted by Gasteiger charge is 2.40. The topological polar surface area (TPSA) is 101 Å². The Bertz CT molecular complexity index is 449. The number of nitrogens with two attached hydrogens (primary N) is 1. The Morgan fingerprint density at radius 1 is 1.36 bits per heavy atom. The van der Waals surface area contributed by atoms with Crippen LogP contribution in [0.3, 0.4) is 0 Å². The van der Waals surface area contributed by atoms with Crippen LogP contribution in [0.1, 0.15) is 39.0 Å². The van der Waals surface area contributed by atoms with Gasteiger partial charge in [-0.15, -0.1) is 11.8 Å². The number of hydrogen-bond acceptors (Lipinski definition) is 5. The van der Waals surface area contributed by atoms with E-state index in [1.54, 1.807) is 0 Å². The van der Waals surface area contributed by atoms with Gasteiger partial charge in [0.05, 0.1) is 5.25 Å². The SMILES string of the molecule is CC1CCC(CN2C(=O)CC(SCC(N)C(=O)O)C2=O)CC1. The summed E-state index contributed by atoms with van der Waals surface area (Å²) in [5, 5.41) is 8.29.